The molecule has 29 heavy (non-hydrogen) atoms. The molecule has 0 radical (unpaired) electrons. The minimum absolute atomic E-state index is 0.310. The van der Waals surface area contributed by atoms with Crippen LogP contribution in [0.3, 0.4) is 0 Å². The van der Waals surface area contributed by atoms with Crippen LogP contribution >= 0.6 is 11.8 Å². The van der Waals surface area contributed by atoms with E-state index in [4.69, 9.17) is 9.47 Å². The zero-order valence-corrected chi connectivity index (χ0v) is 17.1. The van der Waals surface area contributed by atoms with Gasteiger partial charge in [-0.3, -0.25) is 0 Å². The Morgan fingerprint density at radius 2 is 1.24 bits per heavy atom. The molecule has 4 rings (SSSR count). The maximum absolute atomic E-state index is 12.7. The Hall–Kier alpha value is -3.25. The number of carbonyl (C=O) groups excluding carboxylic acids is 2. The summed E-state index contributed by atoms with van der Waals surface area (Å²) in [4.78, 5) is 29.4. The molecule has 5 nitrogen and oxygen atoms in total. The first-order chi connectivity index (χ1) is 14.0. The fourth-order valence-corrected chi connectivity index (χ4v) is 4.55. The lowest BCUT2D eigenvalue weighted by atomic mass is 10.00. The number of esters is 2. The van der Waals surface area contributed by atoms with Gasteiger partial charge in [0.25, 0.3) is 0 Å². The van der Waals surface area contributed by atoms with E-state index in [0.29, 0.717) is 16.8 Å². The summed E-state index contributed by atoms with van der Waals surface area (Å²) in [6.07, 6.45) is 0. The Morgan fingerprint density at radius 1 is 0.793 bits per heavy atom. The first kappa shape index (κ1) is 19.1. The Balaban J connectivity index is 2.09. The number of aryl methyl sites for hydroxylation is 1. The summed E-state index contributed by atoms with van der Waals surface area (Å²) in [7, 11) is 2.67. The van der Waals surface area contributed by atoms with Gasteiger partial charge in [0.15, 0.2) is 0 Å². The van der Waals surface area contributed by atoms with E-state index in [9.17, 15) is 9.59 Å². The van der Waals surface area contributed by atoms with Crippen molar-refractivity contribution in [1.82, 2.24) is 0 Å². The molecule has 0 unspecified atom stereocenters. The van der Waals surface area contributed by atoms with E-state index in [1.54, 1.807) is 23.9 Å². The van der Waals surface area contributed by atoms with Gasteiger partial charge in [0.05, 0.1) is 42.4 Å². The van der Waals surface area contributed by atoms with Crippen LogP contribution in [0.1, 0.15) is 26.3 Å². The summed E-state index contributed by atoms with van der Waals surface area (Å²) in [6.45, 7) is 1.83. The van der Waals surface area contributed by atoms with Crippen molar-refractivity contribution >= 4 is 40.8 Å². The minimum atomic E-state index is -0.512. The fourth-order valence-electron chi connectivity index (χ4n) is 3.50. The summed E-state index contributed by atoms with van der Waals surface area (Å²) in [6, 6.07) is 19.3. The van der Waals surface area contributed by atoms with Crippen LogP contribution < -0.4 is 4.90 Å². The molecular formula is C23H19NO4S. The standard InChI is InChI=1S/C23H19NO4S/c1-14-12-15(22(25)27-2)21(16(13-14)23(26)28-3)24-17-8-4-6-10-19(17)29-20-11-7-5-9-18(20)24/h4-13H,1-3H3. The second-order valence-corrected chi connectivity index (χ2v) is 7.65. The lowest BCUT2D eigenvalue weighted by Gasteiger charge is -2.34. The van der Waals surface area contributed by atoms with Crippen molar-refractivity contribution < 1.29 is 19.1 Å². The summed E-state index contributed by atoms with van der Waals surface area (Å²) in [5, 5.41) is 0. The SMILES string of the molecule is COC(=O)c1cc(C)cc(C(=O)OC)c1N1c2ccccc2Sc2ccccc21. The van der Waals surface area contributed by atoms with Crippen molar-refractivity contribution in [3.8, 4) is 0 Å². The quantitative estimate of drug-likeness (QED) is 0.419. The van der Waals surface area contributed by atoms with Gasteiger partial charge in [0.1, 0.15) is 0 Å². The van der Waals surface area contributed by atoms with E-state index < -0.39 is 11.9 Å². The van der Waals surface area contributed by atoms with E-state index >= 15 is 0 Å². The third-order valence-electron chi connectivity index (χ3n) is 4.72. The Labute approximate surface area is 173 Å². The number of hydrogen-bond acceptors (Lipinski definition) is 6. The van der Waals surface area contributed by atoms with Gasteiger partial charge >= 0.3 is 11.9 Å². The number of rotatable bonds is 3. The molecule has 1 heterocycles. The van der Waals surface area contributed by atoms with Crippen LogP contribution in [-0.4, -0.2) is 26.2 Å². The molecule has 1 aliphatic rings. The molecule has 0 spiro atoms. The van der Waals surface area contributed by atoms with Crippen LogP contribution in [0.15, 0.2) is 70.5 Å². The molecule has 0 N–H and O–H groups in total. The lowest BCUT2D eigenvalue weighted by molar-refractivity contribution is 0.0601. The molecular weight excluding hydrogens is 386 g/mol. The number of carbonyl (C=O) groups is 2. The van der Waals surface area contributed by atoms with E-state index in [2.05, 4.69) is 0 Å². The minimum Gasteiger partial charge on any atom is -0.465 e. The van der Waals surface area contributed by atoms with Crippen LogP contribution in [0.5, 0.6) is 0 Å². The molecule has 0 amide bonds. The molecule has 3 aromatic rings. The first-order valence-corrected chi connectivity index (χ1v) is 9.84. The van der Waals surface area contributed by atoms with Crippen molar-refractivity contribution in [2.45, 2.75) is 16.7 Å². The number of ether oxygens (including phenoxy) is 2. The normalized spacial score (nSPS) is 12.0. The van der Waals surface area contributed by atoms with Gasteiger partial charge in [0.2, 0.25) is 0 Å². The highest BCUT2D eigenvalue weighted by Gasteiger charge is 2.32. The second kappa shape index (κ2) is 7.64. The zero-order chi connectivity index (χ0) is 20.5. The van der Waals surface area contributed by atoms with Gasteiger partial charge in [-0.05, 0) is 48.9 Å². The highest BCUT2D eigenvalue weighted by atomic mass is 32.2. The molecule has 3 aromatic carbocycles. The molecule has 6 heteroatoms. The van der Waals surface area contributed by atoms with Gasteiger partial charge < -0.3 is 14.4 Å². The molecule has 0 aliphatic carbocycles. The number of benzene rings is 3. The van der Waals surface area contributed by atoms with Crippen molar-refractivity contribution in [3.05, 3.63) is 77.4 Å². The Kier molecular flexibility index (Phi) is 5.03. The number of para-hydroxylation sites is 2. The fraction of sp³-hybridized carbons (Fsp3) is 0.130. The summed E-state index contributed by atoms with van der Waals surface area (Å²) >= 11 is 1.65. The third kappa shape index (κ3) is 3.25. The van der Waals surface area contributed by atoms with Crippen LogP contribution in [0.25, 0.3) is 0 Å². The number of nitrogens with zero attached hydrogens (tertiary/aromatic N) is 1. The van der Waals surface area contributed by atoms with Crippen LogP contribution in [0.4, 0.5) is 17.1 Å². The zero-order valence-electron chi connectivity index (χ0n) is 16.3. The summed E-state index contributed by atoms with van der Waals surface area (Å²) < 4.78 is 10.1. The van der Waals surface area contributed by atoms with Gasteiger partial charge in [-0.2, -0.15) is 0 Å². The summed E-state index contributed by atoms with van der Waals surface area (Å²) in [5.41, 5.74) is 3.61. The van der Waals surface area contributed by atoms with E-state index in [-0.39, 0.29) is 0 Å². The van der Waals surface area contributed by atoms with Crippen molar-refractivity contribution in [1.29, 1.82) is 0 Å². The predicted molar refractivity (Wildman–Crippen MR) is 113 cm³/mol. The molecule has 0 saturated carbocycles. The molecule has 0 fully saturated rings. The second-order valence-electron chi connectivity index (χ2n) is 6.56. The van der Waals surface area contributed by atoms with Crippen molar-refractivity contribution in [2.75, 3.05) is 19.1 Å². The highest BCUT2D eigenvalue weighted by Crippen LogP contribution is 2.52. The average molecular weight is 405 g/mol. The third-order valence-corrected chi connectivity index (χ3v) is 5.85. The maximum Gasteiger partial charge on any atom is 0.340 e. The van der Waals surface area contributed by atoms with Gasteiger partial charge in [-0.15, -0.1) is 0 Å². The molecule has 0 aromatic heterocycles. The predicted octanol–water partition coefficient (Wildman–Crippen LogP) is 5.50. The molecule has 1 aliphatic heterocycles. The van der Waals surface area contributed by atoms with Crippen molar-refractivity contribution in [2.24, 2.45) is 0 Å². The van der Waals surface area contributed by atoms with Crippen LogP contribution in [0.2, 0.25) is 0 Å². The highest BCUT2D eigenvalue weighted by molar-refractivity contribution is 7.99. The molecule has 0 atom stereocenters. The average Bonchev–Trinajstić information content (AvgIpc) is 2.76. The lowest BCUT2D eigenvalue weighted by Crippen LogP contribution is -2.22. The van der Waals surface area contributed by atoms with E-state index in [1.165, 1.54) is 14.2 Å². The smallest absolute Gasteiger partial charge is 0.340 e. The number of anilines is 3. The van der Waals surface area contributed by atoms with Gasteiger partial charge in [-0.25, -0.2) is 9.59 Å². The van der Waals surface area contributed by atoms with Crippen LogP contribution in [-0.2, 0) is 9.47 Å². The maximum atomic E-state index is 12.7. The Morgan fingerprint density at radius 3 is 1.69 bits per heavy atom. The Bertz CT molecular complexity index is 1040. The number of fused-ring (bicyclic) bond motifs is 2. The molecule has 146 valence electrons. The number of methoxy groups -OCH3 is 2. The topological polar surface area (TPSA) is 55.8 Å². The summed E-state index contributed by atoms with van der Waals surface area (Å²) in [5.74, 6) is -1.02. The first-order valence-electron chi connectivity index (χ1n) is 9.02. The van der Waals surface area contributed by atoms with Crippen molar-refractivity contribution in [3.63, 3.8) is 0 Å². The van der Waals surface area contributed by atoms with E-state index in [1.807, 2.05) is 60.4 Å². The van der Waals surface area contributed by atoms with Gasteiger partial charge in [0, 0.05) is 9.79 Å². The molecule has 0 saturated heterocycles. The molecule has 0 bridgehead atoms. The largest absolute Gasteiger partial charge is 0.465 e. The van der Waals surface area contributed by atoms with Crippen LogP contribution in [0, 0.1) is 6.92 Å². The van der Waals surface area contributed by atoms with Gasteiger partial charge in [-0.1, -0.05) is 36.0 Å². The number of hydrogen-bond donors (Lipinski definition) is 0. The monoisotopic (exact) mass is 405 g/mol. The van der Waals surface area contributed by atoms with E-state index in [0.717, 1.165) is 26.7 Å².